The molecule has 0 saturated carbocycles. The quantitative estimate of drug-likeness (QED) is 0.328. The number of nitrogens with zero attached hydrogens (tertiary/aromatic N) is 1. The summed E-state index contributed by atoms with van der Waals surface area (Å²) >= 11 is 3.11. The molecule has 0 aliphatic carbocycles. The monoisotopic (exact) mass is 528 g/mol. The number of ether oxygens (including phenoxy) is 3. The van der Waals surface area contributed by atoms with Crippen LogP contribution in [0.5, 0.6) is 0 Å². The number of rotatable bonds is 7. The first-order chi connectivity index (χ1) is 15.0. The maximum atomic E-state index is 12.4. The first kappa shape index (κ1) is 26.1. The summed E-state index contributed by atoms with van der Waals surface area (Å²) in [6.07, 6.45) is -0.375. The maximum absolute atomic E-state index is 12.4. The van der Waals surface area contributed by atoms with Crippen molar-refractivity contribution in [2.45, 2.75) is 77.1 Å². The van der Waals surface area contributed by atoms with E-state index in [1.165, 1.54) is 24.6 Å². The molecule has 0 aromatic carbocycles. The predicted octanol–water partition coefficient (Wildman–Crippen LogP) is 2.50. The number of esters is 2. The summed E-state index contributed by atoms with van der Waals surface area (Å²) in [5.74, 6) is 2.10. The zero-order chi connectivity index (χ0) is 24.1. The van der Waals surface area contributed by atoms with E-state index in [0.717, 1.165) is 18.1 Å². The molecule has 11 heteroatoms. The van der Waals surface area contributed by atoms with Crippen LogP contribution in [0.2, 0.25) is 18.1 Å². The summed E-state index contributed by atoms with van der Waals surface area (Å²) in [5.41, 5.74) is 0.730. The molecule has 0 amide bonds. The van der Waals surface area contributed by atoms with E-state index in [9.17, 15) is 19.2 Å². The number of H-pyrrole nitrogens is 1. The molecule has 0 unspecified atom stereocenters. The van der Waals surface area contributed by atoms with Crippen LogP contribution in [0.3, 0.4) is 0 Å². The molecule has 1 N–H and O–H groups in total. The first-order valence-corrected chi connectivity index (χ1v) is 14.0. The smallest absolute Gasteiger partial charge is 0.330 e. The highest BCUT2D eigenvalue weighted by Gasteiger charge is 2.52. The normalized spacial score (nSPS) is 22.7. The molecule has 3 atom stereocenters. The highest BCUT2D eigenvalue weighted by atomic mass is 79.9. The molecule has 32 heavy (non-hydrogen) atoms. The van der Waals surface area contributed by atoms with Gasteiger partial charge in [-0.2, -0.15) is 0 Å². The Bertz CT molecular complexity index is 1030. The fraction of sp³-hybridized carbons (Fsp3) is 0.619. The van der Waals surface area contributed by atoms with Crippen molar-refractivity contribution in [3.63, 3.8) is 0 Å². The molecule has 2 rings (SSSR count). The van der Waals surface area contributed by atoms with Crippen molar-refractivity contribution in [3.05, 3.63) is 31.5 Å². The van der Waals surface area contributed by atoms with Gasteiger partial charge in [0.25, 0.3) is 5.56 Å². The van der Waals surface area contributed by atoms with Crippen molar-refractivity contribution in [1.29, 1.82) is 0 Å². The molecule has 0 radical (unpaired) electrons. The Kier molecular flexibility index (Phi) is 8.67. The average Bonchev–Trinajstić information content (AvgIpc) is 3.08. The molecule has 176 valence electrons. The zero-order valence-electron chi connectivity index (χ0n) is 19.0. The summed E-state index contributed by atoms with van der Waals surface area (Å²) in [7, 11) is -1.93. The summed E-state index contributed by atoms with van der Waals surface area (Å²) in [6.45, 7) is 8.58. The van der Waals surface area contributed by atoms with Gasteiger partial charge in [0.1, 0.15) is 27.0 Å². The molecular formula is C21H29BrN2O7Si. The number of carbonyl (C=O) groups is 2. The third-order valence-electron chi connectivity index (χ3n) is 5.88. The average molecular weight is 529 g/mol. The number of nitrogens with one attached hydrogen (secondary N) is 1. The van der Waals surface area contributed by atoms with Crippen molar-refractivity contribution >= 4 is 35.9 Å². The second-order valence-corrected chi connectivity index (χ2v) is 13.6. The van der Waals surface area contributed by atoms with Crippen molar-refractivity contribution < 1.29 is 23.8 Å². The molecular weight excluding hydrogens is 500 g/mol. The van der Waals surface area contributed by atoms with Gasteiger partial charge >= 0.3 is 17.6 Å². The van der Waals surface area contributed by atoms with E-state index in [0.29, 0.717) is 0 Å². The molecule has 1 saturated heterocycles. The third-order valence-corrected chi connectivity index (χ3v) is 11.2. The zero-order valence-corrected chi connectivity index (χ0v) is 21.5. The van der Waals surface area contributed by atoms with Gasteiger partial charge in [-0.25, -0.2) is 4.79 Å². The van der Waals surface area contributed by atoms with E-state index in [1.807, 2.05) is 0 Å². The predicted molar refractivity (Wildman–Crippen MR) is 124 cm³/mol. The van der Waals surface area contributed by atoms with Gasteiger partial charge in [0.05, 0.1) is 4.47 Å². The minimum Gasteiger partial charge on any atom is -0.462 e. The highest BCUT2D eigenvalue weighted by Crippen LogP contribution is 2.39. The second kappa shape index (κ2) is 10.6. The standard InChI is InChI=1S/C21H29BrN2O7Si/c1-6-32(7-2,8-3)10-9-21(13-29-14(4)25)17(30-15(5)26)11-18(31-21)24-12-16(22)19(27)23-20(24)28/h12,17-18H,6-8,11,13H2,1-5H3,(H,23,27,28)/t17-,18+,21+/m0/s1. The molecule has 9 nitrogen and oxygen atoms in total. The molecule has 0 spiro atoms. The van der Waals surface area contributed by atoms with Crippen LogP contribution >= 0.6 is 15.9 Å². The molecule has 0 bridgehead atoms. The Morgan fingerprint density at radius 2 is 1.88 bits per heavy atom. The lowest BCUT2D eigenvalue weighted by molar-refractivity contribution is -0.164. The Hall–Kier alpha value is -2.16. The largest absolute Gasteiger partial charge is 0.462 e. The van der Waals surface area contributed by atoms with Crippen LogP contribution in [-0.4, -0.2) is 47.9 Å². The Labute approximate surface area is 196 Å². The second-order valence-electron chi connectivity index (χ2n) is 7.81. The van der Waals surface area contributed by atoms with Gasteiger partial charge in [0.2, 0.25) is 5.60 Å². The minimum atomic E-state index is -1.93. The highest BCUT2D eigenvalue weighted by molar-refractivity contribution is 9.10. The van der Waals surface area contributed by atoms with Gasteiger partial charge in [0.15, 0.2) is 0 Å². The molecule has 1 aliphatic rings. The lowest BCUT2D eigenvalue weighted by atomic mass is 9.98. The molecule has 1 aliphatic heterocycles. The van der Waals surface area contributed by atoms with Crippen LogP contribution < -0.4 is 11.2 Å². The Morgan fingerprint density at radius 3 is 2.41 bits per heavy atom. The van der Waals surface area contributed by atoms with Crippen LogP contribution in [0.25, 0.3) is 0 Å². The molecule has 2 heterocycles. The van der Waals surface area contributed by atoms with E-state index >= 15 is 0 Å². The summed E-state index contributed by atoms with van der Waals surface area (Å²) in [5, 5.41) is 0. The molecule has 1 aromatic rings. The maximum Gasteiger partial charge on any atom is 0.330 e. The number of hydrogen-bond donors (Lipinski definition) is 1. The fourth-order valence-corrected chi connectivity index (χ4v) is 6.49. The van der Waals surface area contributed by atoms with Gasteiger partial charge in [-0.15, -0.1) is 5.54 Å². The number of carbonyl (C=O) groups excluding carboxylic acids is 2. The molecule has 1 aromatic heterocycles. The SMILES string of the molecule is CC[Si](C#C[C@]1(COC(C)=O)O[C@@H](n2cc(Br)c(=O)[nH]c2=O)C[C@@H]1OC(C)=O)(CC)CC. The lowest BCUT2D eigenvalue weighted by Crippen LogP contribution is -2.46. The molecule has 1 fully saturated rings. The van der Waals surface area contributed by atoms with E-state index in [2.05, 4.69) is 53.1 Å². The third kappa shape index (κ3) is 5.79. The number of aromatic nitrogens is 2. The number of aromatic amines is 1. The number of halogens is 1. The van der Waals surface area contributed by atoms with Crippen LogP contribution in [0.1, 0.15) is 47.3 Å². The van der Waals surface area contributed by atoms with E-state index in [1.54, 1.807) is 0 Å². The van der Waals surface area contributed by atoms with Crippen LogP contribution in [-0.2, 0) is 23.8 Å². The first-order valence-electron chi connectivity index (χ1n) is 10.5. The van der Waals surface area contributed by atoms with Crippen molar-refractivity contribution in [2.75, 3.05) is 6.61 Å². The van der Waals surface area contributed by atoms with Gasteiger partial charge in [0, 0.05) is 26.5 Å². The minimum absolute atomic E-state index is 0.0901. The van der Waals surface area contributed by atoms with Crippen LogP contribution in [0.4, 0.5) is 0 Å². The fourth-order valence-electron chi connectivity index (χ4n) is 3.66. The van der Waals surface area contributed by atoms with Crippen molar-refractivity contribution in [3.8, 4) is 11.5 Å². The van der Waals surface area contributed by atoms with Gasteiger partial charge in [-0.3, -0.25) is 23.9 Å². The summed E-state index contributed by atoms with van der Waals surface area (Å²) in [6, 6.07) is 2.81. The summed E-state index contributed by atoms with van der Waals surface area (Å²) < 4.78 is 18.4. The number of hydrogen-bond acceptors (Lipinski definition) is 7. The van der Waals surface area contributed by atoms with Crippen molar-refractivity contribution in [1.82, 2.24) is 9.55 Å². The van der Waals surface area contributed by atoms with E-state index in [-0.39, 0.29) is 17.5 Å². The Balaban J connectivity index is 2.61. The van der Waals surface area contributed by atoms with Gasteiger partial charge < -0.3 is 14.2 Å². The van der Waals surface area contributed by atoms with Crippen LogP contribution in [0, 0.1) is 11.5 Å². The van der Waals surface area contributed by atoms with Gasteiger partial charge in [-0.1, -0.05) is 26.7 Å². The van der Waals surface area contributed by atoms with E-state index in [4.69, 9.17) is 14.2 Å². The Morgan fingerprint density at radius 1 is 1.25 bits per heavy atom. The lowest BCUT2D eigenvalue weighted by Gasteiger charge is -2.29. The van der Waals surface area contributed by atoms with Crippen LogP contribution in [0.15, 0.2) is 20.3 Å². The summed E-state index contributed by atoms with van der Waals surface area (Å²) in [4.78, 5) is 49.8. The van der Waals surface area contributed by atoms with Crippen molar-refractivity contribution in [2.24, 2.45) is 0 Å². The van der Waals surface area contributed by atoms with Gasteiger partial charge in [-0.05, 0) is 34.1 Å². The topological polar surface area (TPSA) is 117 Å². The van der Waals surface area contributed by atoms with E-state index < -0.39 is 49.2 Å².